The molecule has 2 atom stereocenters. The molecule has 0 bridgehead atoms. The lowest BCUT2D eigenvalue weighted by atomic mass is 9.78. The molecule has 5 rings (SSSR count). The van der Waals surface area contributed by atoms with Gasteiger partial charge in [-0.05, 0) is 43.2 Å². The van der Waals surface area contributed by atoms with Gasteiger partial charge in [0.2, 0.25) is 0 Å². The maximum Gasteiger partial charge on any atom is 0.195 e. The number of hydrogen-bond acceptors (Lipinski definition) is 4. The Hall–Kier alpha value is -2.63. The van der Waals surface area contributed by atoms with Gasteiger partial charge in [0.15, 0.2) is 11.2 Å². The van der Waals surface area contributed by atoms with Crippen LogP contribution in [0, 0.1) is 0 Å². The number of fused-ring (bicyclic) bond motifs is 2. The summed E-state index contributed by atoms with van der Waals surface area (Å²) in [4.78, 5) is 28.0. The molecule has 0 fully saturated rings. The highest BCUT2D eigenvalue weighted by Gasteiger charge is 2.47. The van der Waals surface area contributed by atoms with E-state index in [0.29, 0.717) is 28.5 Å². The molecule has 0 N–H and O–H groups in total. The third-order valence-electron chi connectivity index (χ3n) is 5.85. The molecule has 0 radical (unpaired) electrons. The predicted octanol–water partition coefficient (Wildman–Crippen LogP) is 6.63. The van der Waals surface area contributed by atoms with Crippen molar-refractivity contribution < 1.29 is 9.21 Å². The van der Waals surface area contributed by atoms with Gasteiger partial charge in [-0.15, -0.1) is 11.8 Å². The van der Waals surface area contributed by atoms with Crippen LogP contribution in [0.25, 0.3) is 11.0 Å². The quantitative estimate of drug-likeness (QED) is 0.301. The van der Waals surface area contributed by atoms with Crippen LogP contribution in [0.3, 0.4) is 0 Å². The Bertz CT molecular complexity index is 1360. The van der Waals surface area contributed by atoms with Crippen molar-refractivity contribution in [3.63, 3.8) is 0 Å². The van der Waals surface area contributed by atoms with E-state index < -0.39 is 4.75 Å². The molecule has 1 aromatic heterocycles. The molecule has 0 spiro atoms. The average Bonchev–Trinajstić information content (AvgIpc) is 3.08. The number of ketones is 1. The van der Waals surface area contributed by atoms with Gasteiger partial charge in [-0.25, -0.2) is 0 Å². The van der Waals surface area contributed by atoms with E-state index >= 15 is 0 Å². The van der Waals surface area contributed by atoms with Crippen molar-refractivity contribution in [2.45, 2.75) is 28.9 Å². The van der Waals surface area contributed by atoms with Crippen LogP contribution in [0.5, 0.6) is 0 Å². The molecule has 154 valence electrons. The summed E-state index contributed by atoms with van der Waals surface area (Å²) in [5.41, 5.74) is 2.80. The fraction of sp³-hybridized carbons (Fsp3) is 0.154. The summed E-state index contributed by atoms with van der Waals surface area (Å²) in [5.74, 6) is -0.276. The zero-order chi connectivity index (χ0) is 21.6. The van der Waals surface area contributed by atoms with Gasteiger partial charge in [0, 0.05) is 25.2 Å². The molecular weight excluding hydrogens is 472 g/mol. The smallest absolute Gasteiger partial charge is 0.195 e. The Morgan fingerprint density at radius 2 is 1.81 bits per heavy atom. The molecule has 0 saturated heterocycles. The van der Waals surface area contributed by atoms with E-state index in [1.54, 1.807) is 30.2 Å². The second-order valence-corrected chi connectivity index (χ2v) is 10.5. The molecule has 3 nitrogen and oxygen atoms in total. The van der Waals surface area contributed by atoms with Crippen LogP contribution in [-0.4, -0.2) is 10.5 Å². The molecule has 0 aliphatic carbocycles. The maximum absolute atomic E-state index is 13.6. The van der Waals surface area contributed by atoms with Gasteiger partial charge in [-0.1, -0.05) is 64.5 Å². The number of rotatable bonds is 4. The van der Waals surface area contributed by atoms with Crippen LogP contribution in [0.4, 0.5) is 0 Å². The maximum atomic E-state index is 13.6. The molecular formula is C26H19BrO3S. The van der Waals surface area contributed by atoms with E-state index in [2.05, 4.69) is 28.9 Å². The Morgan fingerprint density at radius 3 is 2.61 bits per heavy atom. The van der Waals surface area contributed by atoms with Crippen LogP contribution < -0.4 is 5.43 Å². The minimum atomic E-state index is -0.509. The van der Waals surface area contributed by atoms with Gasteiger partial charge < -0.3 is 4.42 Å². The van der Waals surface area contributed by atoms with Crippen LogP contribution in [0.1, 0.15) is 34.3 Å². The zero-order valence-electron chi connectivity index (χ0n) is 16.8. The number of Topliss-reactive ketones (excluding diaryl/α,β-unsaturated/α-hetero) is 1. The average molecular weight is 491 g/mol. The van der Waals surface area contributed by atoms with Gasteiger partial charge >= 0.3 is 0 Å². The number of benzene rings is 3. The summed E-state index contributed by atoms with van der Waals surface area (Å²) in [6, 6.07) is 22.9. The topological polar surface area (TPSA) is 47.3 Å². The van der Waals surface area contributed by atoms with Crippen molar-refractivity contribution in [1.29, 1.82) is 0 Å². The monoisotopic (exact) mass is 490 g/mol. The van der Waals surface area contributed by atoms with Crippen molar-refractivity contribution in [2.24, 2.45) is 0 Å². The first kappa shape index (κ1) is 20.3. The first-order valence-corrected chi connectivity index (χ1v) is 11.6. The third-order valence-corrected chi connectivity index (χ3v) is 7.78. The summed E-state index contributed by atoms with van der Waals surface area (Å²) in [6.45, 7) is 2.08. The van der Waals surface area contributed by atoms with E-state index in [9.17, 15) is 9.59 Å². The zero-order valence-corrected chi connectivity index (χ0v) is 19.2. The highest BCUT2D eigenvalue weighted by atomic mass is 79.9. The van der Waals surface area contributed by atoms with Crippen molar-refractivity contribution >= 4 is 44.4 Å². The SMILES string of the molecule is CC1(Cc2coc3ccc(Br)cc3c2=O)Sc2ccccc2C1C(=O)c1ccccc1. The van der Waals surface area contributed by atoms with Crippen LogP contribution in [0.15, 0.2) is 97.6 Å². The summed E-state index contributed by atoms with van der Waals surface area (Å²) in [7, 11) is 0. The van der Waals surface area contributed by atoms with E-state index in [0.717, 1.165) is 14.9 Å². The molecule has 0 saturated carbocycles. The first-order chi connectivity index (χ1) is 15.0. The number of halogens is 1. The fourth-order valence-corrected chi connectivity index (χ4v) is 6.31. The molecule has 0 amide bonds. The lowest BCUT2D eigenvalue weighted by Crippen LogP contribution is -2.35. The van der Waals surface area contributed by atoms with Crippen molar-refractivity contribution in [2.75, 3.05) is 0 Å². The largest absolute Gasteiger partial charge is 0.464 e. The second kappa shape index (κ2) is 7.81. The van der Waals surface area contributed by atoms with Crippen molar-refractivity contribution in [3.8, 4) is 0 Å². The second-order valence-electron chi connectivity index (χ2n) is 8.02. The Balaban J connectivity index is 1.60. The van der Waals surface area contributed by atoms with Gasteiger partial charge in [0.05, 0.1) is 17.6 Å². The minimum Gasteiger partial charge on any atom is -0.464 e. The van der Waals surface area contributed by atoms with Crippen LogP contribution >= 0.6 is 27.7 Å². The Kier molecular flexibility index (Phi) is 5.11. The summed E-state index contributed by atoms with van der Waals surface area (Å²) < 4.78 is 6.10. The summed E-state index contributed by atoms with van der Waals surface area (Å²) in [5, 5.41) is 0.543. The lowest BCUT2D eigenvalue weighted by molar-refractivity contribution is 0.0944. The molecule has 2 heterocycles. The van der Waals surface area contributed by atoms with Gasteiger partial charge in [-0.2, -0.15) is 0 Å². The molecule has 1 aliphatic rings. The van der Waals surface area contributed by atoms with Gasteiger partial charge in [0.25, 0.3) is 0 Å². The van der Waals surface area contributed by atoms with Crippen LogP contribution in [0.2, 0.25) is 0 Å². The van der Waals surface area contributed by atoms with Crippen LogP contribution in [-0.2, 0) is 6.42 Å². The fourth-order valence-electron chi connectivity index (χ4n) is 4.42. The standard InChI is InChI=1S/C26H19BrO3S/c1-26(14-17-15-30-21-12-11-18(27)13-20(21)24(17)28)23(19-9-5-6-10-22(19)31-26)25(29)16-7-3-2-4-8-16/h2-13,15,23H,14H2,1H3. The van der Waals surface area contributed by atoms with Crippen molar-refractivity contribution in [3.05, 3.63) is 110 Å². The number of hydrogen-bond donors (Lipinski definition) is 0. The van der Waals surface area contributed by atoms with E-state index in [1.807, 2.05) is 54.6 Å². The lowest BCUT2D eigenvalue weighted by Gasteiger charge is -2.30. The molecule has 2 unspecified atom stereocenters. The third kappa shape index (κ3) is 3.56. The van der Waals surface area contributed by atoms with E-state index in [4.69, 9.17) is 4.42 Å². The van der Waals surface area contributed by atoms with E-state index in [1.165, 1.54) is 0 Å². The number of thioether (sulfide) groups is 1. The molecule has 31 heavy (non-hydrogen) atoms. The molecule has 5 heteroatoms. The first-order valence-electron chi connectivity index (χ1n) is 10.0. The minimum absolute atomic E-state index is 0.0498. The predicted molar refractivity (Wildman–Crippen MR) is 128 cm³/mol. The van der Waals surface area contributed by atoms with Crippen molar-refractivity contribution in [1.82, 2.24) is 0 Å². The normalized spacial score (nSPS) is 20.0. The molecule has 1 aliphatic heterocycles. The van der Waals surface area contributed by atoms with E-state index in [-0.39, 0.29) is 17.1 Å². The van der Waals surface area contributed by atoms with Gasteiger partial charge in [-0.3, -0.25) is 9.59 Å². The number of carbonyl (C=O) groups is 1. The number of carbonyl (C=O) groups excluding carboxylic acids is 1. The summed E-state index contributed by atoms with van der Waals surface area (Å²) in [6.07, 6.45) is 1.98. The highest BCUT2D eigenvalue weighted by Crippen LogP contribution is 2.55. The molecule has 3 aromatic carbocycles. The Labute approximate surface area is 192 Å². The molecule has 4 aromatic rings. The summed E-state index contributed by atoms with van der Waals surface area (Å²) >= 11 is 5.11. The Morgan fingerprint density at radius 1 is 1.06 bits per heavy atom. The highest BCUT2D eigenvalue weighted by molar-refractivity contribution is 9.10. The van der Waals surface area contributed by atoms with Gasteiger partial charge in [0.1, 0.15) is 5.58 Å².